The van der Waals surface area contributed by atoms with Gasteiger partial charge in [0.05, 0.1) is 24.8 Å². The smallest absolute Gasteiger partial charge is 0.272 e. The zero-order valence-corrected chi connectivity index (χ0v) is 9.18. The van der Waals surface area contributed by atoms with Crippen LogP contribution in [0.2, 0.25) is 0 Å². The number of hydrogen-bond acceptors (Lipinski definition) is 4. The maximum Gasteiger partial charge on any atom is 0.272 e. The van der Waals surface area contributed by atoms with Gasteiger partial charge in [0.2, 0.25) is 0 Å². The molecule has 2 aromatic rings. The van der Waals surface area contributed by atoms with E-state index < -0.39 is 0 Å². The Morgan fingerprint density at radius 2 is 2.41 bits per heavy atom. The van der Waals surface area contributed by atoms with E-state index in [4.69, 9.17) is 9.47 Å². The normalized spacial score (nSPS) is 19.6. The summed E-state index contributed by atoms with van der Waals surface area (Å²) >= 11 is 0. The van der Waals surface area contributed by atoms with Gasteiger partial charge in [-0.3, -0.25) is 4.79 Å². The number of fused-ring (bicyclic) bond motifs is 1. The minimum atomic E-state index is -0.182. The number of aromatic amines is 1. The Balaban J connectivity index is 1.93. The average Bonchev–Trinajstić information content (AvgIpc) is 2.82. The fourth-order valence-corrected chi connectivity index (χ4v) is 1.95. The molecule has 1 aromatic heterocycles. The van der Waals surface area contributed by atoms with E-state index in [2.05, 4.69) is 10.2 Å². The van der Waals surface area contributed by atoms with Gasteiger partial charge in [0.1, 0.15) is 11.9 Å². The molecular formula is C12H12N2O3. The Hall–Kier alpha value is -1.88. The van der Waals surface area contributed by atoms with Gasteiger partial charge in [0.25, 0.3) is 5.56 Å². The number of nitrogens with zero attached hydrogens (tertiary/aromatic N) is 1. The van der Waals surface area contributed by atoms with E-state index in [0.29, 0.717) is 12.0 Å². The van der Waals surface area contributed by atoms with Gasteiger partial charge in [0.15, 0.2) is 0 Å². The number of nitrogens with one attached hydrogen (secondary N) is 1. The van der Waals surface area contributed by atoms with Crippen LogP contribution in [-0.4, -0.2) is 29.5 Å². The predicted molar refractivity (Wildman–Crippen MR) is 62.2 cm³/mol. The Morgan fingerprint density at radius 1 is 1.47 bits per heavy atom. The van der Waals surface area contributed by atoms with Gasteiger partial charge in [0, 0.05) is 11.8 Å². The molecule has 3 rings (SSSR count). The lowest BCUT2D eigenvalue weighted by Gasteiger charge is -2.11. The fourth-order valence-electron chi connectivity index (χ4n) is 1.95. The topological polar surface area (TPSA) is 64.2 Å². The second kappa shape index (κ2) is 4.18. The summed E-state index contributed by atoms with van der Waals surface area (Å²) in [7, 11) is 0. The molecule has 2 heterocycles. The summed E-state index contributed by atoms with van der Waals surface area (Å²) in [6.07, 6.45) is 2.64. The van der Waals surface area contributed by atoms with E-state index in [1.807, 2.05) is 6.07 Å². The molecule has 1 aromatic carbocycles. The van der Waals surface area contributed by atoms with Crippen molar-refractivity contribution in [3.63, 3.8) is 0 Å². The van der Waals surface area contributed by atoms with Gasteiger partial charge in [-0.15, -0.1) is 0 Å². The molecule has 0 spiro atoms. The lowest BCUT2D eigenvalue weighted by Crippen LogP contribution is -2.15. The highest BCUT2D eigenvalue weighted by Crippen LogP contribution is 2.20. The van der Waals surface area contributed by atoms with Crippen molar-refractivity contribution in [2.45, 2.75) is 12.5 Å². The number of ether oxygens (including phenoxy) is 2. The van der Waals surface area contributed by atoms with E-state index in [0.717, 1.165) is 24.2 Å². The van der Waals surface area contributed by atoms with Gasteiger partial charge < -0.3 is 9.47 Å². The van der Waals surface area contributed by atoms with Gasteiger partial charge in [-0.25, -0.2) is 5.10 Å². The largest absolute Gasteiger partial charge is 0.488 e. The van der Waals surface area contributed by atoms with Crippen molar-refractivity contribution >= 4 is 10.8 Å². The van der Waals surface area contributed by atoms with Crippen molar-refractivity contribution in [1.82, 2.24) is 10.2 Å². The number of rotatable bonds is 2. The lowest BCUT2D eigenvalue weighted by molar-refractivity contribution is 0.141. The molecule has 88 valence electrons. The number of aromatic nitrogens is 2. The monoisotopic (exact) mass is 232 g/mol. The molecule has 17 heavy (non-hydrogen) atoms. The molecule has 0 amide bonds. The number of H-pyrrole nitrogens is 1. The third-order valence-electron chi connectivity index (χ3n) is 2.83. The van der Waals surface area contributed by atoms with Crippen molar-refractivity contribution in [3.8, 4) is 5.75 Å². The van der Waals surface area contributed by atoms with Crippen LogP contribution in [0.25, 0.3) is 10.8 Å². The Morgan fingerprint density at radius 3 is 3.24 bits per heavy atom. The quantitative estimate of drug-likeness (QED) is 0.841. The molecule has 1 saturated heterocycles. The molecule has 0 bridgehead atoms. The Kier molecular flexibility index (Phi) is 2.53. The first-order chi connectivity index (χ1) is 8.33. The molecule has 0 saturated carbocycles. The van der Waals surface area contributed by atoms with Gasteiger partial charge in [-0.1, -0.05) is 0 Å². The third kappa shape index (κ3) is 2.01. The minimum absolute atomic E-state index is 0.113. The molecule has 1 atom stereocenters. The highest BCUT2D eigenvalue weighted by Gasteiger charge is 2.17. The summed E-state index contributed by atoms with van der Waals surface area (Å²) in [5.41, 5.74) is -0.182. The van der Waals surface area contributed by atoms with Crippen LogP contribution >= 0.6 is 0 Å². The molecule has 5 heteroatoms. The number of hydrogen-bond donors (Lipinski definition) is 1. The van der Waals surface area contributed by atoms with Crippen LogP contribution in [0.1, 0.15) is 6.42 Å². The first-order valence-corrected chi connectivity index (χ1v) is 5.55. The van der Waals surface area contributed by atoms with E-state index in [9.17, 15) is 4.79 Å². The highest BCUT2D eigenvalue weighted by atomic mass is 16.5. The highest BCUT2D eigenvalue weighted by molar-refractivity contribution is 5.81. The van der Waals surface area contributed by atoms with Crippen LogP contribution in [0.5, 0.6) is 5.75 Å². The molecule has 0 unspecified atom stereocenters. The fraction of sp³-hybridized carbons (Fsp3) is 0.333. The number of benzene rings is 1. The minimum Gasteiger partial charge on any atom is -0.488 e. The first kappa shape index (κ1) is 10.3. The van der Waals surface area contributed by atoms with E-state index in [1.54, 1.807) is 18.3 Å². The lowest BCUT2D eigenvalue weighted by atomic mass is 10.2. The molecular weight excluding hydrogens is 220 g/mol. The van der Waals surface area contributed by atoms with Gasteiger partial charge >= 0.3 is 0 Å². The Bertz CT molecular complexity index is 588. The zero-order valence-electron chi connectivity index (χ0n) is 9.18. The summed E-state index contributed by atoms with van der Waals surface area (Å²) in [6.45, 7) is 1.38. The van der Waals surface area contributed by atoms with E-state index in [-0.39, 0.29) is 11.7 Å². The molecule has 0 aliphatic carbocycles. The summed E-state index contributed by atoms with van der Waals surface area (Å²) in [5, 5.41) is 7.57. The van der Waals surface area contributed by atoms with Crippen LogP contribution in [-0.2, 0) is 4.74 Å². The molecule has 1 aliphatic rings. The molecule has 1 N–H and O–H groups in total. The van der Waals surface area contributed by atoms with Crippen molar-refractivity contribution < 1.29 is 9.47 Å². The van der Waals surface area contributed by atoms with Crippen molar-refractivity contribution in [2.75, 3.05) is 13.2 Å². The average molecular weight is 232 g/mol. The summed E-state index contributed by atoms with van der Waals surface area (Å²) in [6, 6.07) is 5.38. The zero-order chi connectivity index (χ0) is 11.7. The third-order valence-corrected chi connectivity index (χ3v) is 2.83. The van der Waals surface area contributed by atoms with Crippen LogP contribution in [0.15, 0.2) is 29.2 Å². The van der Waals surface area contributed by atoms with E-state index in [1.165, 1.54) is 0 Å². The summed E-state index contributed by atoms with van der Waals surface area (Å²) in [4.78, 5) is 11.5. The van der Waals surface area contributed by atoms with Crippen molar-refractivity contribution in [3.05, 3.63) is 34.7 Å². The van der Waals surface area contributed by atoms with Gasteiger partial charge in [-0.2, -0.15) is 5.10 Å². The molecule has 5 nitrogen and oxygen atoms in total. The second-order valence-electron chi connectivity index (χ2n) is 4.05. The first-order valence-electron chi connectivity index (χ1n) is 5.55. The van der Waals surface area contributed by atoms with Crippen LogP contribution < -0.4 is 10.3 Å². The molecule has 1 fully saturated rings. The Labute approximate surface area is 97.4 Å². The maximum atomic E-state index is 11.5. The summed E-state index contributed by atoms with van der Waals surface area (Å²) < 4.78 is 11.0. The van der Waals surface area contributed by atoms with E-state index >= 15 is 0 Å². The molecule has 1 aliphatic heterocycles. The summed E-state index contributed by atoms with van der Waals surface area (Å²) in [5.74, 6) is 0.750. The van der Waals surface area contributed by atoms with Crippen molar-refractivity contribution in [2.24, 2.45) is 0 Å². The predicted octanol–water partition coefficient (Wildman–Crippen LogP) is 1.09. The standard InChI is InChI=1S/C12H12N2O3/c15-12-11-2-1-9(5-8(11)6-13-14-12)17-10-3-4-16-7-10/h1-2,5-6,10H,3-4,7H2,(H,14,15)/t10-/m0/s1. The van der Waals surface area contributed by atoms with Crippen molar-refractivity contribution in [1.29, 1.82) is 0 Å². The van der Waals surface area contributed by atoms with Crippen LogP contribution in [0.4, 0.5) is 0 Å². The molecule has 0 radical (unpaired) electrons. The second-order valence-corrected chi connectivity index (χ2v) is 4.05. The SMILES string of the molecule is O=c1[nH]ncc2cc(O[C@H]3CCOC3)ccc12. The van der Waals surface area contributed by atoms with Gasteiger partial charge in [-0.05, 0) is 18.2 Å². The maximum absolute atomic E-state index is 11.5. The van der Waals surface area contributed by atoms with Crippen LogP contribution in [0.3, 0.4) is 0 Å². The van der Waals surface area contributed by atoms with Crippen LogP contribution in [0, 0.1) is 0 Å².